The number of benzene rings is 2. The molecule has 0 saturated carbocycles. The molecule has 1 N–H and O–H groups in total. The van der Waals surface area contributed by atoms with Crippen LogP contribution in [0.4, 0.5) is 11.4 Å². The molecule has 0 heterocycles. The van der Waals surface area contributed by atoms with E-state index in [2.05, 4.69) is 5.32 Å². The molecule has 2 aromatic carbocycles. The minimum atomic E-state index is -0.154. The summed E-state index contributed by atoms with van der Waals surface area (Å²) in [5, 5.41) is 2.64. The number of ketones is 2. The normalized spacial score (nSPS) is 9.81. The van der Waals surface area contributed by atoms with Crippen molar-refractivity contribution in [1.29, 1.82) is 0 Å². The smallest absolute Gasteiger partial charge is 0.223 e. The summed E-state index contributed by atoms with van der Waals surface area (Å²) in [4.78, 5) is 50.9. The Bertz CT molecular complexity index is 1100. The van der Waals surface area contributed by atoms with E-state index in [0.29, 0.717) is 22.5 Å². The van der Waals surface area contributed by atoms with Crippen LogP contribution in [0.15, 0.2) is 73.1 Å². The first kappa shape index (κ1) is 35.0. The topological polar surface area (TPSA) is 90.0 Å². The molecule has 0 spiro atoms. The van der Waals surface area contributed by atoms with E-state index >= 15 is 0 Å². The first-order chi connectivity index (χ1) is 16.4. The molecule has 2 amide bonds. The van der Waals surface area contributed by atoms with E-state index in [1.54, 1.807) is 77.8 Å². The fourth-order valence-electron chi connectivity index (χ4n) is 2.63. The average Bonchev–Trinajstić information content (AvgIpc) is 2.80. The lowest BCUT2D eigenvalue weighted by molar-refractivity contribution is -0.116. The van der Waals surface area contributed by atoms with Gasteiger partial charge < -0.3 is 20.0 Å². The van der Waals surface area contributed by atoms with Crippen LogP contribution in [0.25, 0.3) is 0 Å². The molecule has 2 aromatic rings. The molecule has 0 aliphatic rings. The Morgan fingerprint density at radius 3 is 1.59 bits per heavy atom. The zero-order valence-electron chi connectivity index (χ0n) is 21.4. The molecular formula is C29H42N4O4. The Morgan fingerprint density at radius 1 is 0.703 bits per heavy atom. The molecular weight excluding hydrogens is 468 g/mol. The molecule has 0 atom stereocenters. The number of hydrogen-bond donors (Lipinski definition) is 1. The highest BCUT2D eigenvalue weighted by Crippen LogP contribution is 2.16. The van der Waals surface area contributed by atoms with E-state index < -0.39 is 0 Å². The van der Waals surface area contributed by atoms with Crippen molar-refractivity contribution in [3.05, 3.63) is 84.2 Å². The van der Waals surface area contributed by atoms with Gasteiger partial charge in [0.25, 0.3) is 0 Å². The molecule has 0 aromatic heterocycles. The average molecular weight is 511 g/mol. The Hall–Kier alpha value is -4.20. The third kappa shape index (κ3) is 13.5. The maximum absolute atomic E-state index is 11.9. The number of allylic oxidation sites excluding steroid dienone is 2. The van der Waals surface area contributed by atoms with Gasteiger partial charge >= 0.3 is 0 Å². The highest BCUT2D eigenvalue weighted by Gasteiger charge is 2.08. The van der Waals surface area contributed by atoms with Crippen molar-refractivity contribution in [3.8, 4) is 0 Å². The fourth-order valence-corrected chi connectivity index (χ4v) is 2.63. The van der Waals surface area contributed by atoms with Crippen LogP contribution in [0, 0.1) is 0 Å². The second-order valence-corrected chi connectivity index (χ2v) is 8.18. The van der Waals surface area contributed by atoms with Crippen molar-refractivity contribution >= 4 is 34.8 Å². The van der Waals surface area contributed by atoms with Crippen LogP contribution in [0.3, 0.4) is 0 Å². The lowest BCUT2D eigenvalue weighted by Crippen LogP contribution is -2.22. The Kier molecular flexibility index (Phi) is 16.3. The predicted octanol–water partition coefficient (Wildman–Crippen LogP) is 5.10. The van der Waals surface area contributed by atoms with E-state index in [9.17, 15) is 19.2 Å². The van der Waals surface area contributed by atoms with Crippen molar-refractivity contribution in [2.24, 2.45) is 0 Å². The van der Waals surface area contributed by atoms with Crippen LogP contribution in [-0.4, -0.2) is 68.4 Å². The van der Waals surface area contributed by atoms with Crippen molar-refractivity contribution < 1.29 is 19.2 Å². The molecule has 0 saturated heterocycles. The van der Waals surface area contributed by atoms with Gasteiger partial charge in [0.15, 0.2) is 11.6 Å². The van der Waals surface area contributed by atoms with E-state index in [1.165, 1.54) is 30.9 Å². The first-order valence-corrected chi connectivity index (χ1v) is 10.9. The number of carbonyl (C=O) groups is 4. The summed E-state index contributed by atoms with van der Waals surface area (Å²) in [5.41, 5.74) is 2.46. The van der Waals surface area contributed by atoms with E-state index in [-0.39, 0.29) is 38.2 Å². The Morgan fingerprint density at radius 2 is 1.16 bits per heavy atom. The Labute approximate surface area is 222 Å². The zero-order valence-corrected chi connectivity index (χ0v) is 21.4. The lowest BCUT2D eigenvalue weighted by atomic mass is 10.1. The van der Waals surface area contributed by atoms with Gasteiger partial charge in [-0.1, -0.05) is 39.1 Å². The summed E-state index contributed by atoms with van der Waals surface area (Å²) in [6.07, 6.45) is 6.39. The molecule has 37 heavy (non-hydrogen) atoms. The van der Waals surface area contributed by atoms with Gasteiger partial charge in [-0.2, -0.15) is 0 Å². The number of nitrogens with zero attached hydrogens (tertiary/aromatic N) is 3. The molecule has 0 unspecified atom stereocenters. The second kappa shape index (κ2) is 17.3. The van der Waals surface area contributed by atoms with E-state index in [0.717, 1.165) is 0 Å². The van der Waals surface area contributed by atoms with Crippen LogP contribution in [0.1, 0.15) is 49.4 Å². The highest BCUT2D eigenvalue weighted by atomic mass is 16.2. The van der Waals surface area contributed by atoms with Gasteiger partial charge in [0, 0.05) is 96.1 Å². The summed E-state index contributed by atoms with van der Waals surface area (Å²) in [6.45, 7) is 2.92. The highest BCUT2D eigenvalue weighted by molar-refractivity contribution is 6.06. The van der Waals surface area contributed by atoms with Crippen molar-refractivity contribution in [2.45, 2.75) is 28.7 Å². The van der Waals surface area contributed by atoms with Crippen molar-refractivity contribution in [3.63, 3.8) is 0 Å². The lowest BCUT2D eigenvalue weighted by Gasteiger charge is -2.15. The fraction of sp³-hybridized carbons (Fsp3) is 0.310. The van der Waals surface area contributed by atoms with Crippen LogP contribution < -0.4 is 10.2 Å². The van der Waals surface area contributed by atoms with Crippen molar-refractivity contribution in [2.75, 3.05) is 45.5 Å². The largest absolute Gasteiger partial charge is 0.383 e. The minimum Gasteiger partial charge on any atom is -0.383 e. The molecule has 202 valence electrons. The molecule has 0 aliphatic heterocycles. The zero-order chi connectivity index (χ0) is 26.5. The van der Waals surface area contributed by atoms with Crippen LogP contribution >= 0.6 is 0 Å². The number of carbonyl (C=O) groups excluding carboxylic acids is 4. The maximum atomic E-state index is 11.9. The summed E-state index contributed by atoms with van der Waals surface area (Å²) < 4.78 is 0. The Balaban J connectivity index is 0. The predicted molar refractivity (Wildman–Crippen MR) is 154 cm³/mol. The SMILES string of the molecule is C.C.CC(=O)N(C)c1cccc(C(=O)/C=C\N(C)C)c1.CC(=O)Nc1cccc(C(=O)/C=C\N(C)C)c1. The third-order valence-electron chi connectivity index (χ3n) is 4.51. The number of nitrogens with one attached hydrogen (secondary N) is 1. The third-order valence-corrected chi connectivity index (χ3v) is 4.51. The van der Waals surface area contributed by atoms with Gasteiger partial charge in [-0.15, -0.1) is 0 Å². The van der Waals surface area contributed by atoms with E-state index in [1.807, 2.05) is 28.2 Å². The maximum Gasteiger partial charge on any atom is 0.223 e. The quantitative estimate of drug-likeness (QED) is 0.392. The summed E-state index contributed by atoms with van der Waals surface area (Å²) >= 11 is 0. The number of anilines is 2. The molecule has 0 aliphatic carbocycles. The number of rotatable bonds is 8. The summed E-state index contributed by atoms with van der Waals surface area (Å²) in [5.74, 6) is -0.393. The van der Waals surface area contributed by atoms with E-state index in [4.69, 9.17) is 0 Å². The van der Waals surface area contributed by atoms with Crippen LogP contribution in [0.2, 0.25) is 0 Å². The first-order valence-electron chi connectivity index (χ1n) is 10.9. The monoisotopic (exact) mass is 510 g/mol. The van der Waals surface area contributed by atoms with Gasteiger partial charge in [-0.25, -0.2) is 0 Å². The van der Waals surface area contributed by atoms with Crippen LogP contribution in [0.5, 0.6) is 0 Å². The standard InChI is InChI=1S/C14H18N2O2.C13H16N2O2.2CH4/c1-11(17)16(4)13-7-5-6-12(10-13)14(18)8-9-15(2)3;1-10(16)14-12-6-4-5-11(9-12)13(17)7-8-15(2)3;;/h5-10H,1-4H3;4-9H,1-3H3,(H,14,16);2*1H4/b9-8-;8-7-;;. The number of amides is 2. The summed E-state index contributed by atoms with van der Waals surface area (Å²) in [6, 6.07) is 13.9. The van der Waals surface area contributed by atoms with Gasteiger partial charge in [-0.05, 0) is 24.3 Å². The molecule has 0 bridgehead atoms. The van der Waals surface area contributed by atoms with Crippen LogP contribution in [-0.2, 0) is 9.59 Å². The van der Waals surface area contributed by atoms with Gasteiger partial charge in [0.2, 0.25) is 11.8 Å². The van der Waals surface area contributed by atoms with Gasteiger partial charge in [0.1, 0.15) is 0 Å². The minimum absolute atomic E-state index is 0. The molecule has 0 radical (unpaired) electrons. The molecule has 8 nitrogen and oxygen atoms in total. The summed E-state index contributed by atoms with van der Waals surface area (Å²) in [7, 11) is 9.07. The number of hydrogen-bond acceptors (Lipinski definition) is 6. The van der Waals surface area contributed by atoms with Gasteiger partial charge in [0.05, 0.1) is 0 Å². The molecule has 8 heteroatoms. The van der Waals surface area contributed by atoms with Gasteiger partial charge in [-0.3, -0.25) is 19.2 Å². The van der Waals surface area contributed by atoms with Crippen molar-refractivity contribution in [1.82, 2.24) is 9.80 Å². The molecule has 0 fully saturated rings. The molecule has 2 rings (SSSR count). The second-order valence-electron chi connectivity index (χ2n) is 8.18.